The van der Waals surface area contributed by atoms with E-state index in [0.29, 0.717) is 16.3 Å². The summed E-state index contributed by atoms with van der Waals surface area (Å²) in [6, 6.07) is 9.93. The summed E-state index contributed by atoms with van der Waals surface area (Å²) >= 11 is 1.32. The number of carbonyl (C=O) groups is 1. The van der Waals surface area contributed by atoms with E-state index in [1.165, 1.54) is 23.5 Å². The molecule has 0 saturated heterocycles. The first-order chi connectivity index (χ1) is 12.3. The lowest BCUT2D eigenvalue weighted by molar-refractivity contribution is -0.137. The number of aromatic nitrogens is 1. The van der Waals surface area contributed by atoms with Gasteiger partial charge in [0, 0.05) is 17.3 Å². The van der Waals surface area contributed by atoms with Gasteiger partial charge in [0.25, 0.3) is 0 Å². The molecule has 0 unspecified atom stereocenters. The van der Waals surface area contributed by atoms with Gasteiger partial charge in [-0.05, 0) is 41.5 Å². The number of nitrogens with one attached hydrogen (secondary N) is 1. The Balaban J connectivity index is 1.68. The van der Waals surface area contributed by atoms with Gasteiger partial charge in [0.05, 0.1) is 17.7 Å². The minimum Gasteiger partial charge on any atom is -0.396 e. The van der Waals surface area contributed by atoms with Crippen LogP contribution < -0.4 is 11.1 Å². The topological polar surface area (TPSA) is 68.0 Å². The van der Waals surface area contributed by atoms with Crippen molar-refractivity contribution in [2.24, 2.45) is 0 Å². The average molecular weight is 377 g/mol. The molecule has 1 aromatic carbocycles. The van der Waals surface area contributed by atoms with Gasteiger partial charge in [0.2, 0.25) is 5.91 Å². The number of nitrogens with two attached hydrogens (primary N) is 1. The molecule has 1 amide bonds. The van der Waals surface area contributed by atoms with Crippen molar-refractivity contribution in [3.63, 3.8) is 0 Å². The van der Waals surface area contributed by atoms with Gasteiger partial charge in [-0.15, -0.1) is 11.3 Å². The second-order valence-electron chi connectivity index (χ2n) is 5.55. The monoisotopic (exact) mass is 377 g/mol. The highest BCUT2D eigenvalue weighted by Crippen LogP contribution is 2.37. The van der Waals surface area contributed by atoms with Gasteiger partial charge < -0.3 is 11.1 Å². The van der Waals surface area contributed by atoms with Gasteiger partial charge in [-0.3, -0.25) is 9.78 Å². The van der Waals surface area contributed by atoms with E-state index in [0.717, 1.165) is 22.6 Å². The van der Waals surface area contributed by atoms with Crippen LogP contribution >= 0.6 is 11.3 Å². The molecule has 0 bridgehead atoms. The fourth-order valence-electron chi connectivity index (χ4n) is 2.33. The Morgan fingerprint density at radius 2 is 1.77 bits per heavy atom. The summed E-state index contributed by atoms with van der Waals surface area (Å²) in [5.74, 6) is -0.348. The lowest BCUT2D eigenvalue weighted by atomic mass is 10.1. The number of nitrogens with zero attached hydrogens (tertiary/aromatic N) is 1. The lowest BCUT2D eigenvalue weighted by Gasteiger charge is -2.08. The Bertz CT molecular complexity index is 906. The van der Waals surface area contributed by atoms with Crippen molar-refractivity contribution in [3.05, 3.63) is 66.0 Å². The van der Waals surface area contributed by atoms with Crippen LogP contribution in [-0.4, -0.2) is 10.9 Å². The standard InChI is InChI=1S/C18H14F3N3OS/c19-18(20,21)13-3-1-11(2-4-13)9-16(25)24-17-14(22)10-15(26-17)12-5-7-23-8-6-12/h1-8,10H,9,22H2,(H,24,25). The molecule has 4 nitrogen and oxygen atoms in total. The molecule has 3 aromatic rings. The molecule has 0 atom stereocenters. The molecule has 26 heavy (non-hydrogen) atoms. The van der Waals surface area contributed by atoms with Crippen LogP contribution in [-0.2, 0) is 17.4 Å². The summed E-state index contributed by atoms with van der Waals surface area (Å²) in [4.78, 5) is 17.0. The molecular weight excluding hydrogens is 363 g/mol. The zero-order valence-electron chi connectivity index (χ0n) is 13.4. The molecule has 134 valence electrons. The fourth-order valence-corrected chi connectivity index (χ4v) is 3.33. The third-order valence-corrected chi connectivity index (χ3v) is 4.74. The second kappa shape index (κ2) is 7.17. The fraction of sp³-hybridized carbons (Fsp3) is 0.111. The molecule has 0 fully saturated rings. The molecule has 3 N–H and O–H groups in total. The minimum atomic E-state index is -4.39. The van der Waals surface area contributed by atoms with Crippen LogP contribution in [0.2, 0.25) is 0 Å². The third-order valence-electron chi connectivity index (χ3n) is 3.62. The molecule has 0 aliphatic rings. The van der Waals surface area contributed by atoms with Crippen molar-refractivity contribution in [1.82, 2.24) is 4.98 Å². The van der Waals surface area contributed by atoms with E-state index in [1.54, 1.807) is 18.5 Å². The van der Waals surface area contributed by atoms with Gasteiger partial charge in [-0.1, -0.05) is 12.1 Å². The maximum atomic E-state index is 12.6. The van der Waals surface area contributed by atoms with E-state index < -0.39 is 11.7 Å². The maximum absolute atomic E-state index is 12.6. The van der Waals surface area contributed by atoms with Crippen LogP contribution in [0, 0.1) is 0 Å². The zero-order valence-corrected chi connectivity index (χ0v) is 14.2. The number of alkyl halides is 3. The first-order valence-corrected chi connectivity index (χ1v) is 8.40. The van der Waals surface area contributed by atoms with E-state index in [9.17, 15) is 18.0 Å². The van der Waals surface area contributed by atoms with Crippen molar-refractivity contribution in [3.8, 4) is 10.4 Å². The van der Waals surface area contributed by atoms with E-state index in [2.05, 4.69) is 10.3 Å². The predicted molar refractivity (Wildman–Crippen MR) is 95.7 cm³/mol. The smallest absolute Gasteiger partial charge is 0.396 e. The highest BCUT2D eigenvalue weighted by atomic mass is 32.1. The average Bonchev–Trinajstić information content (AvgIpc) is 2.96. The number of carbonyl (C=O) groups excluding carboxylic acids is 1. The molecule has 8 heteroatoms. The van der Waals surface area contributed by atoms with Crippen molar-refractivity contribution in [2.75, 3.05) is 11.1 Å². The van der Waals surface area contributed by atoms with Gasteiger partial charge >= 0.3 is 6.18 Å². The lowest BCUT2D eigenvalue weighted by Crippen LogP contribution is -2.14. The molecule has 2 heterocycles. The summed E-state index contributed by atoms with van der Waals surface area (Å²) in [5, 5.41) is 3.22. The molecule has 0 spiro atoms. The van der Waals surface area contributed by atoms with Gasteiger partial charge in [-0.2, -0.15) is 13.2 Å². The highest BCUT2D eigenvalue weighted by Gasteiger charge is 2.30. The summed E-state index contributed by atoms with van der Waals surface area (Å²) < 4.78 is 37.7. The van der Waals surface area contributed by atoms with Crippen molar-refractivity contribution < 1.29 is 18.0 Å². The van der Waals surface area contributed by atoms with Crippen LogP contribution in [0.3, 0.4) is 0 Å². The molecule has 0 radical (unpaired) electrons. The Morgan fingerprint density at radius 3 is 2.38 bits per heavy atom. The Labute approximate surface area is 151 Å². The summed E-state index contributed by atoms with van der Waals surface area (Å²) in [6.45, 7) is 0. The SMILES string of the molecule is Nc1cc(-c2ccncc2)sc1NC(=O)Cc1ccc(C(F)(F)F)cc1. The van der Waals surface area contributed by atoms with Crippen molar-refractivity contribution in [1.29, 1.82) is 0 Å². The number of benzene rings is 1. The van der Waals surface area contributed by atoms with Gasteiger partial charge in [-0.25, -0.2) is 0 Å². The number of nitrogen functional groups attached to an aromatic ring is 1. The normalized spacial score (nSPS) is 11.3. The van der Waals surface area contributed by atoms with Crippen LogP contribution in [0.15, 0.2) is 54.9 Å². The molecule has 2 aromatic heterocycles. The van der Waals surface area contributed by atoms with E-state index in [4.69, 9.17) is 5.73 Å². The first-order valence-electron chi connectivity index (χ1n) is 7.58. The summed E-state index contributed by atoms with van der Waals surface area (Å²) in [7, 11) is 0. The third kappa shape index (κ3) is 4.20. The van der Waals surface area contributed by atoms with E-state index in [1.807, 2.05) is 12.1 Å². The van der Waals surface area contributed by atoms with Gasteiger partial charge in [0.15, 0.2) is 0 Å². The number of amides is 1. The molecule has 0 saturated carbocycles. The van der Waals surface area contributed by atoms with Crippen LogP contribution in [0.1, 0.15) is 11.1 Å². The first kappa shape index (κ1) is 17.9. The number of pyridine rings is 1. The number of thiophene rings is 1. The second-order valence-corrected chi connectivity index (χ2v) is 6.60. The van der Waals surface area contributed by atoms with Gasteiger partial charge in [0.1, 0.15) is 5.00 Å². The summed E-state index contributed by atoms with van der Waals surface area (Å²) in [5.41, 5.74) is 7.05. The Morgan fingerprint density at radius 1 is 1.12 bits per heavy atom. The number of hydrogen-bond acceptors (Lipinski definition) is 4. The molecular formula is C18H14F3N3OS. The van der Waals surface area contributed by atoms with Crippen LogP contribution in [0.5, 0.6) is 0 Å². The quantitative estimate of drug-likeness (QED) is 0.699. The van der Waals surface area contributed by atoms with Crippen LogP contribution in [0.4, 0.5) is 23.9 Å². The largest absolute Gasteiger partial charge is 0.416 e. The Kier molecular flexibility index (Phi) is 4.94. The minimum absolute atomic E-state index is 0.0416. The highest BCUT2D eigenvalue weighted by molar-refractivity contribution is 7.20. The van der Waals surface area contributed by atoms with E-state index >= 15 is 0 Å². The number of rotatable bonds is 4. The predicted octanol–water partition coefficient (Wildman–Crippen LogP) is 4.59. The summed E-state index contributed by atoms with van der Waals surface area (Å²) in [6.07, 6.45) is -1.11. The zero-order chi connectivity index (χ0) is 18.7. The number of anilines is 2. The maximum Gasteiger partial charge on any atom is 0.416 e. The van der Waals surface area contributed by atoms with Crippen LogP contribution in [0.25, 0.3) is 10.4 Å². The Hall–Kier alpha value is -2.87. The van der Waals surface area contributed by atoms with Crippen molar-refractivity contribution >= 4 is 27.9 Å². The number of halogens is 3. The van der Waals surface area contributed by atoms with E-state index in [-0.39, 0.29) is 12.3 Å². The number of hydrogen-bond donors (Lipinski definition) is 2. The van der Waals surface area contributed by atoms with Crippen molar-refractivity contribution in [2.45, 2.75) is 12.6 Å². The molecule has 0 aliphatic heterocycles. The molecule has 0 aliphatic carbocycles. The molecule has 3 rings (SSSR count).